The first kappa shape index (κ1) is 29.3. The van der Waals surface area contributed by atoms with E-state index in [0.717, 1.165) is 36.0 Å². The van der Waals surface area contributed by atoms with Gasteiger partial charge in [-0.2, -0.15) is 0 Å². The summed E-state index contributed by atoms with van der Waals surface area (Å²) in [5, 5.41) is 0. The van der Waals surface area contributed by atoms with Crippen molar-refractivity contribution in [1.82, 2.24) is 15.0 Å². The van der Waals surface area contributed by atoms with Gasteiger partial charge in [0.2, 0.25) is 0 Å². The zero-order valence-corrected chi connectivity index (χ0v) is 26.4. The van der Waals surface area contributed by atoms with E-state index < -0.39 is 0 Å². The Balaban J connectivity index is 1.16. The Kier molecular flexibility index (Phi) is 8.22. The van der Waals surface area contributed by atoms with Gasteiger partial charge in [-0.15, -0.1) is 0 Å². The molecule has 0 spiro atoms. The van der Waals surface area contributed by atoms with Crippen molar-refractivity contribution in [3.05, 3.63) is 174 Å². The molecule has 2 aliphatic rings. The van der Waals surface area contributed by atoms with E-state index in [1.165, 1.54) is 33.4 Å². The fourth-order valence-electron chi connectivity index (χ4n) is 6.06. The molecule has 4 aromatic carbocycles. The smallest absolute Gasteiger partial charge is 0.164 e. The maximum Gasteiger partial charge on any atom is 0.164 e. The van der Waals surface area contributed by atoms with Gasteiger partial charge < -0.3 is 0 Å². The minimum absolute atomic E-state index is 0.182. The summed E-state index contributed by atoms with van der Waals surface area (Å²) in [6.45, 7) is 4.57. The fourth-order valence-corrected chi connectivity index (χ4v) is 6.06. The average Bonchev–Trinajstić information content (AvgIpc) is 3.42. The highest BCUT2D eigenvalue weighted by Crippen LogP contribution is 2.35. The standard InChI is InChI=1S/C43H37N3/c1-43(2,38-26-22-32(23-27-38)37-21-13-20-36(30-37)31-14-7-3-4-8-15-31)39-28-24-35(25-29-39)42-45-40(33-16-9-5-10-17-33)44-41(46-42)34-18-11-6-12-19-34/h3,5,7-11,13-30H,4,6,12H2,1-2H3. The third-order valence-corrected chi connectivity index (χ3v) is 8.90. The molecular weight excluding hydrogens is 558 g/mol. The van der Waals surface area contributed by atoms with Crippen molar-refractivity contribution in [2.45, 2.75) is 38.5 Å². The fraction of sp³-hybridized carbons (Fsp3) is 0.140. The number of allylic oxidation sites excluding steroid dienone is 10. The summed E-state index contributed by atoms with van der Waals surface area (Å²) < 4.78 is 0. The molecule has 7 rings (SSSR count). The van der Waals surface area contributed by atoms with Gasteiger partial charge in [0.1, 0.15) is 0 Å². The van der Waals surface area contributed by atoms with Crippen molar-refractivity contribution in [3.8, 4) is 33.9 Å². The molecule has 1 aromatic heterocycles. The Morgan fingerprint density at radius 2 is 1.11 bits per heavy atom. The van der Waals surface area contributed by atoms with Crippen molar-refractivity contribution in [2.75, 3.05) is 0 Å². The van der Waals surface area contributed by atoms with E-state index in [0.29, 0.717) is 17.5 Å². The lowest BCUT2D eigenvalue weighted by Crippen LogP contribution is -2.18. The number of nitrogens with zero attached hydrogens (tertiary/aromatic N) is 3. The first-order chi connectivity index (χ1) is 22.5. The van der Waals surface area contributed by atoms with Crippen LogP contribution in [0.15, 0.2) is 152 Å². The maximum atomic E-state index is 4.93. The molecule has 0 fully saturated rings. The number of benzene rings is 4. The lowest BCUT2D eigenvalue weighted by Gasteiger charge is -2.26. The van der Waals surface area contributed by atoms with Gasteiger partial charge in [-0.3, -0.25) is 0 Å². The number of aromatic nitrogens is 3. The van der Waals surface area contributed by atoms with Gasteiger partial charge in [-0.25, -0.2) is 15.0 Å². The summed E-state index contributed by atoms with van der Waals surface area (Å²) in [6.07, 6.45) is 20.5. The van der Waals surface area contributed by atoms with E-state index in [1.54, 1.807) is 0 Å². The van der Waals surface area contributed by atoms with Crippen LogP contribution in [-0.4, -0.2) is 15.0 Å². The zero-order valence-electron chi connectivity index (χ0n) is 26.4. The van der Waals surface area contributed by atoms with Crippen molar-refractivity contribution in [3.63, 3.8) is 0 Å². The Hall–Kier alpha value is -5.41. The van der Waals surface area contributed by atoms with Gasteiger partial charge in [0, 0.05) is 22.1 Å². The minimum atomic E-state index is -0.182. The summed E-state index contributed by atoms with van der Waals surface area (Å²) in [4.78, 5) is 14.7. The second-order valence-corrected chi connectivity index (χ2v) is 12.4. The Morgan fingerprint density at radius 1 is 0.500 bits per heavy atom. The first-order valence-corrected chi connectivity index (χ1v) is 16.1. The van der Waals surface area contributed by atoms with E-state index >= 15 is 0 Å². The third-order valence-electron chi connectivity index (χ3n) is 8.90. The molecular formula is C43H37N3. The Bertz CT molecular complexity index is 2010. The average molecular weight is 596 g/mol. The highest BCUT2D eigenvalue weighted by Gasteiger charge is 2.23. The topological polar surface area (TPSA) is 38.7 Å². The second kappa shape index (κ2) is 12.9. The molecule has 0 N–H and O–H groups in total. The monoisotopic (exact) mass is 595 g/mol. The van der Waals surface area contributed by atoms with Crippen LogP contribution in [0, 0.1) is 0 Å². The molecule has 0 saturated heterocycles. The predicted octanol–water partition coefficient (Wildman–Crippen LogP) is 10.8. The van der Waals surface area contributed by atoms with Crippen LogP contribution in [0.1, 0.15) is 55.6 Å². The molecule has 5 aromatic rings. The van der Waals surface area contributed by atoms with Gasteiger partial charge in [0.15, 0.2) is 17.5 Å². The zero-order chi connectivity index (χ0) is 31.3. The van der Waals surface area contributed by atoms with Crippen molar-refractivity contribution < 1.29 is 0 Å². The highest BCUT2D eigenvalue weighted by atomic mass is 15.0. The summed E-state index contributed by atoms with van der Waals surface area (Å²) >= 11 is 0. The quantitative estimate of drug-likeness (QED) is 0.188. The maximum absolute atomic E-state index is 4.93. The molecule has 0 saturated carbocycles. The molecule has 46 heavy (non-hydrogen) atoms. The molecule has 0 unspecified atom stereocenters. The SMILES string of the molecule is CC(C)(c1ccc(-c2cccc(C3=CC=CCC=C3)c2)cc1)c1ccc(-c2nc(C3=CCCC=C3)nc(-c3ccccc3)n2)cc1. The lowest BCUT2D eigenvalue weighted by atomic mass is 9.77. The van der Waals surface area contributed by atoms with Gasteiger partial charge in [0.25, 0.3) is 0 Å². The van der Waals surface area contributed by atoms with Crippen LogP contribution in [-0.2, 0) is 5.41 Å². The molecule has 3 nitrogen and oxygen atoms in total. The summed E-state index contributed by atoms with van der Waals surface area (Å²) in [5.74, 6) is 2.09. The van der Waals surface area contributed by atoms with E-state index in [4.69, 9.17) is 15.0 Å². The van der Waals surface area contributed by atoms with Gasteiger partial charge in [-0.1, -0.05) is 160 Å². The summed E-state index contributed by atoms with van der Waals surface area (Å²) in [7, 11) is 0. The third kappa shape index (κ3) is 6.23. The van der Waals surface area contributed by atoms with Crippen LogP contribution < -0.4 is 0 Å². The van der Waals surface area contributed by atoms with Crippen LogP contribution in [0.25, 0.3) is 45.0 Å². The van der Waals surface area contributed by atoms with Gasteiger partial charge in [0.05, 0.1) is 0 Å². The summed E-state index contributed by atoms with van der Waals surface area (Å²) in [6, 6.07) is 36.7. The van der Waals surface area contributed by atoms with Crippen molar-refractivity contribution in [1.29, 1.82) is 0 Å². The Labute approximate surface area is 272 Å². The van der Waals surface area contributed by atoms with Crippen LogP contribution in [0.2, 0.25) is 0 Å². The minimum Gasteiger partial charge on any atom is -0.208 e. The molecule has 0 radical (unpaired) electrons. The molecule has 0 amide bonds. The normalized spacial score (nSPS) is 14.5. The molecule has 0 aliphatic heterocycles. The molecule has 224 valence electrons. The highest BCUT2D eigenvalue weighted by molar-refractivity contribution is 5.79. The molecule has 0 bridgehead atoms. The first-order valence-electron chi connectivity index (χ1n) is 16.1. The van der Waals surface area contributed by atoms with Crippen LogP contribution >= 0.6 is 0 Å². The van der Waals surface area contributed by atoms with Gasteiger partial charge in [-0.05, 0) is 58.7 Å². The summed E-state index contributed by atoms with van der Waals surface area (Å²) in [5.41, 5.74) is 10.2. The Morgan fingerprint density at radius 3 is 1.80 bits per heavy atom. The predicted molar refractivity (Wildman–Crippen MR) is 192 cm³/mol. The van der Waals surface area contributed by atoms with Crippen LogP contribution in [0.5, 0.6) is 0 Å². The van der Waals surface area contributed by atoms with Crippen LogP contribution in [0.3, 0.4) is 0 Å². The van der Waals surface area contributed by atoms with E-state index in [2.05, 4.69) is 135 Å². The molecule has 1 heterocycles. The molecule has 0 atom stereocenters. The molecule has 2 aliphatic carbocycles. The largest absolute Gasteiger partial charge is 0.208 e. The van der Waals surface area contributed by atoms with Crippen LogP contribution in [0.4, 0.5) is 0 Å². The lowest BCUT2D eigenvalue weighted by molar-refractivity contribution is 0.641. The van der Waals surface area contributed by atoms with E-state index in [-0.39, 0.29) is 5.41 Å². The second-order valence-electron chi connectivity index (χ2n) is 12.4. The van der Waals surface area contributed by atoms with Crippen molar-refractivity contribution in [2.24, 2.45) is 0 Å². The van der Waals surface area contributed by atoms with Crippen molar-refractivity contribution >= 4 is 11.1 Å². The molecule has 3 heteroatoms. The van der Waals surface area contributed by atoms with E-state index in [1.807, 2.05) is 30.3 Å². The number of hydrogen-bond acceptors (Lipinski definition) is 3. The number of hydrogen-bond donors (Lipinski definition) is 0. The van der Waals surface area contributed by atoms with Gasteiger partial charge >= 0.3 is 0 Å². The number of rotatable bonds is 7. The van der Waals surface area contributed by atoms with E-state index in [9.17, 15) is 0 Å².